The maximum Gasteiger partial charge on any atom is 0.349 e. The molecule has 0 aliphatic carbocycles. The van der Waals surface area contributed by atoms with E-state index in [4.69, 9.17) is 17.3 Å². The van der Waals surface area contributed by atoms with Crippen molar-refractivity contribution in [2.75, 3.05) is 0 Å². The Kier molecular flexibility index (Phi) is 3.87. The fraction of sp³-hybridized carbons (Fsp3) is 0. The van der Waals surface area contributed by atoms with Crippen LogP contribution in [0.4, 0.5) is 15.0 Å². The highest BCUT2D eigenvalue weighted by atomic mass is 35.5. The Hall–Kier alpha value is -1.82. The topological polar surface area (TPSA) is 79.5 Å². The molecular formula is C8H8ClFN4O. The zero-order chi connectivity index (χ0) is 11.3. The number of carbonyl (C=O) groups excluding carboxylic acids is 1. The molecule has 80 valence electrons. The van der Waals surface area contributed by atoms with E-state index in [1.165, 1.54) is 0 Å². The number of benzene rings is 1. The van der Waals surface area contributed by atoms with Gasteiger partial charge in [0.25, 0.3) is 0 Å². The van der Waals surface area contributed by atoms with E-state index in [1.54, 1.807) is 24.3 Å². The molecule has 0 saturated heterocycles. The number of nitrogens with two attached hydrogens (primary N) is 1. The van der Waals surface area contributed by atoms with Crippen LogP contribution in [0.15, 0.2) is 29.3 Å². The van der Waals surface area contributed by atoms with Crippen LogP contribution in [0, 0.1) is 0 Å². The van der Waals surface area contributed by atoms with Gasteiger partial charge < -0.3 is 5.73 Å². The molecule has 0 aliphatic heterocycles. The monoisotopic (exact) mass is 230 g/mol. The Balaban J connectivity index is 2.70. The van der Waals surface area contributed by atoms with Gasteiger partial charge in [0.05, 0.1) is 5.69 Å². The molecule has 0 spiro atoms. The smallest absolute Gasteiger partial charge is 0.349 e. The first kappa shape index (κ1) is 11.3. The number of urea groups is 1. The van der Waals surface area contributed by atoms with E-state index >= 15 is 0 Å². The van der Waals surface area contributed by atoms with Gasteiger partial charge in [-0.25, -0.2) is 9.79 Å². The van der Waals surface area contributed by atoms with E-state index < -0.39 is 6.03 Å². The fourth-order valence-electron chi connectivity index (χ4n) is 0.823. The molecule has 0 fully saturated rings. The third-order valence-corrected chi connectivity index (χ3v) is 1.66. The lowest BCUT2D eigenvalue weighted by Crippen LogP contribution is -2.40. The number of nitrogens with zero attached hydrogens (tertiary/aromatic N) is 1. The van der Waals surface area contributed by atoms with Crippen molar-refractivity contribution in [1.29, 1.82) is 0 Å². The molecule has 0 heterocycles. The van der Waals surface area contributed by atoms with Crippen LogP contribution in [0.3, 0.4) is 0 Å². The van der Waals surface area contributed by atoms with Gasteiger partial charge in [-0.2, -0.15) is 5.54 Å². The summed E-state index contributed by atoms with van der Waals surface area (Å²) in [5.74, 6) is -0.215. The van der Waals surface area contributed by atoms with E-state index in [0.717, 1.165) is 5.54 Å². The van der Waals surface area contributed by atoms with Crippen molar-refractivity contribution in [1.82, 2.24) is 10.9 Å². The quantitative estimate of drug-likeness (QED) is 0.388. The normalized spacial score (nSPS) is 10.9. The summed E-state index contributed by atoms with van der Waals surface area (Å²) in [6.45, 7) is 0. The second kappa shape index (κ2) is 5.16. The van der Waals surface area contributed by atoms with Gasteiger partial charge in [0, 0.05) is 5.02 Å². The number of hydrogen-bond acceptors (Lipinski definition) is 2. The molecule has 1 rings (SSSR count). The van der Waals surface area contributed by atoms with Gasteiger partial charge in [0.15, 0.2) is 0 Å². The third kappa shape index (κ3) is 3.82. The fourth-order valence-corrected chi connectivity index (χ4v) is 0.949. The standard InChI is InChI=1S/C8H8ClFN4O/c9-5-1-3-6(4-2-5)12-7(11)13-8(15)14-10/h1-4H,(H4,11,12,13,14,15). The number of carbonyl (C=O) groups is 1. The Morgan fingerprint density at radius 1 is 1.40 bits per heavy atom. The summed E-state index contributed by atoms with van der Waals surface area (Å²) >= 11 is 5.65. The summed E-state index contributed by atoms with van der Waals surface area (Å²) in [4.78, 5) is 14.3. The molecule has 0 aromatic heterocycles. The lowest BCUT2D eigenvalue weighted by atomic mass is 10.3. The number of aliphatic imine (C=N–C) groups is 1. The number of halogens is 2. The zero-order valence-electron chi connectivity index (χ0n) is 7.50. The molecule has 4 N–H and O–H groups in total. The van der Waals surface area contributed by atoms with Crippen LogP contribution in [0.5, 0.6) is 0 Å². The molecule has 5 nitrogen and oxygen atoms in total. The molecule has 0 aliphatic rings. The van der Waals surface area contributed by atoms with E-state index in [2.05, 4.69) is 4.99 Å². The van der Waals surface area contributed by atoms with Crippen molar-refractivity contribution in [3.63, 3.8) is 0 Å². The highest BCUT2D eigenvalue weighted by molar-refractivity contribution is 6.30. The summed E-state index contributed by atoms with van der Waals surface area (Å²) in [6, 6.07) is 5.35. The van der Waals surface area contributed by atoms with E-state index in [9.17, 15) is 9.28 Å². The van der Waals surface area contributed by atoms with E-state index in [0.29, 0.717) is 10.7 Å². The highest BCUT2D eigenvalue weighted by Crippen LogP contribution is 2.15. The third-order valence-electron chi connectivity index (χ3n) is 1.40. The van der Waals surface area contributed by atoms with Crippen molar-refractivity contribution < 1.29 is 9.28 Å². The largest absolute Gasteiger partial charge is 0.369 e. The number of nitrogens with one attached hydrogen (secondary N) is 2. The summed E-state index contributed by atoms with van der Waals surface area (Å²) in [5.41, 5.74) is 6.65. The van der Waals surface area contributed by atoms with Gasteiger partial charge in [0.2, 0.25) is 5.96 Å². The minimum Gasteiger partial charge on any atom is -0.369 e. The average molecular weight is 231 g/mol. The highest BCUT2D eigenvalue weighted by Gasteiger charge is 2.00. The second-order valence-corrected chi connectivity index (χ2v) is 2.96. The number of hydrogen-bond donors (Lipinski definition) is 3. The van der Waals surface area contributed by atoms with Crippen molar-refractivity contribution in [2.24, 2.45) is 10.7 Å². The first-order chi connectivity index (χ1) is 7.11. The maximum absolute atomic E-state index is 11.5. The van der Waals surface area contributed by atoms with Gasteiger partial charge in [-0.15, -0.1) is 0 Å². The minimum absolute atomic E-state index is 0.215. The molecule has 1 aromatic rings. The summed E-state index contributed by atoms with van der Waals surface area (Å²) in [5, 5.41) is 2.52. The van der Waals surface area contributed by atoms with Crippen LogP contribution < -0.4 is 16.6 Å². The van der Waals surface area contributed by atoms with Crippen molar-refractivity contribution in [2.45, 2.75) is 0 Å². The van der Waals surface area contributed by atoms with Crippen LogP contribution >= 0.6 is 11.6 Å². The molecule has 2 amide bonds. The van der Waals surface area contributed by atoms with Crippen LogP contribution in [0.1, 0.15) is 0 Å². The Labute approximate surface area is 90.1 Å². The maximum atomic E-state index is 11.5. The van der Waals surface area contributed by atoms with Gasteiger partial charge in [-0.1, -0.05) is 16.1 Å². The van der Waals surface area contributed by atoms with Crippen LogP contribution in [-0.2, 0) is 0 Å². The first-order valence-electron chi connectivity index (χ1n) is 3.89. The number of amides is 2. The molecule has 0 unspecified atom stereocenters. The van der Waals surface area contributed by atoms with Gasteiger partial charge in [-0.3, -0.25) is 5.32 Å². The number of rotatable bonds is 1. The SMILES string of the molecule is NC(=Nc1ccc(Cl)cc1)NC(=O)NF. The first-order valence-corrected chi connectivity index (χ1v) is 4.27. The van der Waals surface area contributed by atoms with E-state index in [1.807, 2.05) is 5.32 Å². The lowest BCUT2D eigenvalue weighted by Gasteiger charge is -2.01. The predicted molar refractivity (Wildman–Crippen MR) is 55.5 cm³/mol. The average Bonchev–Trinajstić information content (AvgIpc) is 2.21. The van der Waals surface area contributed by atoms with Gasteiger partial charge in [-0.05, 0) is 24.3 Å². The summed E-state index contributed by atoms with van der Waals surface area (Å²) < 4.78 is 11.5. The minimum atomic E-state index is -1.08. The molecule has 15 heavy (non-hydrogen) atoms. The zero-order valence-corrected chi connectivity index (χ0v) is 8.25. The van der Waals surface area contributed by atoms with Gasteiger partial charge in [0.1, 0.15) is 0 Å². The van der Waals surface area contributed by atoms with Crippen molar-refractivity contribution in [3.8, 4) is 0 Å². The van der Waals surface area contributed by atoms with Crippen molar-refractivity contribution in [3.05, 3.63) is 29.3 Å². The van der Waals surface area contributed by atoms with Crippen LogP contribution in [0.2, 0.25) is 5.02 Å². The molecule has 0 saturated carbocycles. The van der Waals surface area contributed by atoms with E-state index in [-0.39, 0.29) is 5.96 Å². The number of guanidine groups is 1. The molecule has 0 bridgehead atoms. The lowest BCUT2D eigenvalue weighted by molar-refractivity contribution is 0.222. The molecule has 0 radical (unpaired) electrons. The van der Waals surface area contributed by atoms with Crippen molar-refractivity contribution >= 4 is 29.3 Å². The Morgan fingerprint density at radius 2 is 2.00 bits per heavy atom. The summed E-state index contributed by atoms with van der Waals surface area (Å²) in [6.07, 6.45) is 0. The van der Waals surface area contributed by atoms with Crippen LogP contribution in [-0.4, -0.2) is 12.0 Å². The van der Waals surface area contributed by atoms with Crippen LogP contribution in [0.25, 0.3) is 0 Å². The molecule has 0 atom stereocenters. The summed E-state index contributed by atoms with van der Waals surface area (Å²) in [7, 11) is 0. The Bertz CT molecular complexity index is 379. The van der Waals surface area contributed by atoms with Gasteiger partial charge >= 0.3 is 6.03 Å². The molecular weight excluding hydrogens is 223 g/mol. The molecule has 7 heteroatoms. The Morgan fingerprint density at radius 3 is 2.53 bits per heavy atom. The predicted octanol–water partition coefficient (Wildman–Crippen LogP) is 1.47. The second-order valence-electron chi connectivity index (χ2n) is 2.52. The molecule has 1 aromatic carbocycles.